The first-order chi connectivity index (χ1) is 17.0. The molecule has 0 spiro atoms. The second kappa shape index (κ2) is 9.70. The molecule has 3 heterocycles. The van der Waals surface area contributed by atoms with Crippen molar-refractivity contribution in [2.24, 2.45) is 16.0 Å². The van der Waals surface area contributed by atoms with Crippen LogP contribution in [-0.2, 0) is 14.6 Å². The van der Waals surface area contributed by atoms with Gasteiger partial charge in [-0.25, -0.2) is 8.42 Å². The number of nitrogens with zero attached hydrogens (tertiary/aromatic N) is 4. The minimum Gasteiger partial charge on any atom is -0.494 e. The number of nitrogens with one attached hydrogen (secondary N) is 1. The van der Waals surface area contributed by atoms with Gasteiger partial charge in [0.1, 0.15) is 17.3 Å². The molecule has 2 aliphatic rings. The highest BCUT2D eigenvalue weighted by atomic mass is 32.3. The van der Waals surface area contributed by atoms with E-state index in [0.717, 1.165) is 16.8 Å². The number of amidine groups is 2. The van der Waals surface area contributed by atoms with Gasteiger partial charge in [-0.2, -0.15) is 10.0 Å². The summed E-state index contributed by atoms with van der Waals surface area (Å²) >= 11 is 0.721. The van der Waals surface area contributed by atoms with Gasteiger partial charge in [0.05, 0.1) is 34.5 Å². The fourth-order valence-corrected chi connectivity index (χ4v) is 6.24. The molecule has 0 aliphatic carbocycles. The van der Waals surface area contributed by atoms with E-state index in [9.17, 15) is 23.3 Å². The number of amides is 1. The average molecular weight is 532 g/mol. The molecule has 0 unspecified atom stereocenters. The molecule has 0 fully saturated rings. The average Bonchev–Trinajstić information content (AvgIpc) is 3.44. The molecule has 188 valence electrons. The number of nitro benzene ring substituents is 1. The Balaban J connectivity index is 1.64. The minimum absolute atomic E-state index is 0.0189. The molecule has 0 bridgehead atoms. The van der Waals surface area contributed by atoms with Gasteiger partial charge in [-0.3, -0.25) is 20.3 Å². The maximum atomic E-state index is 12.6. The zero-order valence-electron chi connectivity index (χ0n) is 19.4. The predicted molar refractivity (Wildman–Crippen MR) is 136 cm³/mol. The van der Waals surface area contributed by atoms with Gasteiger partial charge in [-0.1, -0.05) is 13.8 Å². The van der Waals surface area contributed by atoms with Crippen LogP contribution in [0.2, 0.25) is 0 Å². The molecule has 12 nitrogen and oxygen atoms in total. The van der Waals surface area contributed by atoms with Crippen LogP contribution in [0.3, 0.4) is 0 Å². The Morgan fingerprint density at radius 3 is 2.72 bits per heavy atom. The van der Waals surface area contributed by atoms with Crippen LogP contribution >= 0.6 is 11.8 Å². The van der Waals surface area contributed by atoms with E-state index in [-0.39, 0.29) is 55.4 Å². The van der Waals surface area contributed by atoms with Gasteiger partial charge in [0, 0.05) is 0 Å². The first-order valence-corrected chi connectivity index (χ1v) is 13.2. The molecule has 14 heteroatoms. The van der Waals surface area contributed by atoms with Crippen LogP contribution in [0.1, 0.15) is 26.5 Å². The molecule has 1 N–H and O–H groups in total. The monoisotopic (exact) mass is 531 g/mol. The largest absolute Gasteiger partial charge is 0.494 e. The Morgan fingerprint density at radius 1 is 1.31 bits per heavy atom. The summed E-state index contributed by atoms with van der Waals surface area (Å²) in [7, 11) is -3.70. The van der Waals surface area contributed by atoms with Gasteiger partial charge < -0.3 is 9.15 Å². The fourth-order valence-electron chi connectivity index (χ4n) is 3.46. The molecule has 0 saturated heterocycles. The minimum atomic E-state index is -3.70. The summed E-state index contributed by atoms with van der Waals surface area (Å²) in [5, 5.41) is 25.0. The number of aliphatic imine (C=N–C) groups is 1. The SMILES string of the molecule is CCOc1ccc(-c2ccc(/C=C3\C(=N)N4N=C(S(=O)(=O)CC(C)C)SC4=NC3=O)o2)c([N+](=O)[O-])c1. The number of thioether (sulfide) groups is 1. The number of hydrazone groups is 1. The van der Waals surface area contributed by atoms with Crippen LogP contribution in [0.15, 0.2) is 50.4 Å². The highest BCUT2D eigenvalue weighted by Crippen LogP contribution is 2.35. The number of nitro groups is 1. The van der Waals surface area contributed by atoms with Crippen molar-refractivity contribution in [1.82, 2.24) is 5.01 Å². The number of furan rings is 1. The van der Waals surface area contributed by atoms with Gasteiger partial charge in [0.25, 0.3) is 11.6 Å². The maximum absolute atomic E-state index is 12.6. The Morgan fingerprint density at radius 2 is 2.06 bits per heavy atom. The highest BCUT2D eigenvalue weighted by molar-refractivity contribution is 8.42. The number of hydrogen-bond donors (Lipinski definition) is 1. The molecule has 1 aromatic carbocycles. The summed E-state index contributed by atoms with van der Waals surface area (Å²) in [5.41, 5.74) is -0.185. The molecular weight excluding hydrogens is 510 g/mol. The summed E-state index contributed by atoms with van der Waals surface area (Å²) in [6, 6.07) is 7.36. The topological polar surface area (TPSA) is 169 Å². The van der Waals surface area contributed by atoms with Crippen LogP contribution in [-0.4, -0.2) is 52.0 Å². The highest BCUT2D eigenvalue weighted by Gasteiger charge is 2.40. The lowest BCUT2D eigenvalue weighted by molar-refractivity contribution is -0.384. The predicted octanol–water partition coefficient (Wildman–Crippen LogP) is 3.90. The van der Waals surface area contributed by atoms with Crippen LogP contribution in [0.25, 0.3) is 17.4 Å². The number of sulfone groups is 1. The number of ether oxygens (including phenoxy) is 1. The molecule has 2 aromatic rings. The van der Waals surface area contributed by atoms with E-state index in [4.69, 9.17) is 14.6 Å². The smallest absolute Gasteiger partial charge is 0.284 e. The maximum Gasteiger partial charge on any atom is 0.284 e. The van der Waals surface area contributed by atoms with Crippen molar-refractivity contribution in [2.45, 2.75) is 20.8 Å². The number of fused-ring (bicyclic) bond motifs is 1. The molecule has 0 atom stereocenters. The Hall–Kier alpha value is -3.78. The van der Waals surface area contributed by atoms with Crippen molar-refractivity contribution in [1.29, 1.82) is 5.41 Å². The lowest BCUT2D eigenvalue weighted by atomic mass is 10.1. The van der Waals surface area contributed by atoms with Crippen molar-refractivity contribution in [3.63, 3.8) is 0 Å². The Labute approximate surface area is 210 Å². The van der Waals surface area contributed by atoms with Crippen LogP contribution in [0, 0.1) is 21.4 Å². The third-order valence-electron chi connectivity index (χ3n) is 4.91. The van der Waals surface area contributed by atoms with Crippen molar-refractivity contribution < 1.29 is 27.3 Å². The fraction of sp³-hybridized carbons (Fsp3) is 0.273. The van der Waals surface area contributed by atoms with Crippen LogP contribution < -0.4 is 4.74 Å². The zero-order valence-corrected chi connectivity index (χ0v) is 21.1. The lowest BCUT2D eigenvalue weighted by Crippen LogP contribution is -2.35. The van der Waals surface area contributed by atoms with E-state index >= 15 is 0 Å². The van der Waals surface area contributed by atoms with Crippen molar-refractivity contribution in [3.8, 4) is 17.1 Å². The third-order valence-corrected chi connectivity index (χ3v) is 8.34. The molecule has 4 rings (SSSR count). The summed E-state index contributed by atoms with van der Waals surface area (Å²) in [6.45, 7) is 5.63. The zero-order chi connectivity index (χ0) is 26.2. The molecule has 36 heavy (non-hydrogen) atoms. The third kappa shape index (κ3) is 4.95. The first kappa shape index (κ1) is 25.3. The second-order valence-electron chi connectivity index (χ2n) is 8.13. The summed E-state index contributed by atoms with van der Waals surface area (Å²) in [5.74, 6) is -0.726. The number of rotatable bonds is 7. The van der Waals surface area contributed by atoms with Crippen molar-refractivity contribution in [3.05, 3.63) is 51.8 Å². The standard InChI is InChI=1S/C22H21N5O7S2/c1-4-33-13-5-7-15(17(10-13)27(29)30)18-8-6-14(34-18)9-16-19(23)26-21(24-20(16)28)35-22(25-26)36(31,32)11-12(2)3/h5-10,12,23H,4,11H2,1-3H3/b16-9+,23-19?. The number of hydrogen-bond acceptors (Lipinski definition) is 10. The summed E-state index contributed by atoms with van der Waals surface area (Å²) < 4.78 is 35.9. The van der Waals surface area contributed by atoms with Crippen LogP contribution in [0.4, 0.5) is 5.69 Å². The summed E-state index contributed by atoms with van der Waals surface area (Å²) in [6.07, 6.45) is 1.26. The Bertz CT molecular complexity index is 1470. The number of benzene rings is 1. The second-order valence-corrected chi connectivity index (χ2v) is 11.3. The molecular formula is C22H21N5O7S2. The van der Waals surface area contributed by atoms with Gasteiger partial charge in [0.2, 0.25) is 19.4 Å². The van der Waals surface area contributed by atoms with Gasteiger partial charge in [-0.05, 0) is 54.9 Å². The van der Waals surface area contributed by atoms with Crippen molar-refractivity contribution in [2.75, 3.05) is 12.4 Å². The normalized spacial score (nSPS) is 16.9. The van der Waals surface area contributed by atoms with E-state index in [1.165, 1.54) is 30.3 Å². The number of carbonyl (C=O) groups is 1. The van der Waals surface area contributed by atoms with Crippen LogP contribution in [0.5, 0.6) is 5.75 Å². The number of carbonyl (C=O) groups excluding carboxylic acids is 1. The van der Waals surface area contributed by atoms with E-state index in [1.54, 1.807) is 26.8 Å². The van der Waals surface area contributed by atoms with Gasteiger partial charge >= 0.3 is 0 Å². The van der Waals surface area contributed by atoms with Gasteiger partial charge in [-0.15, -0.1) is 5.10 Å². The Kier molecular flexibility index (Phi) is 6.82. The van der Waals surface area contributed by atoms with Gasteiger partial charge in [0.15, 0.2) is 5.84 Å². The molecule has 1 aromatic heterocycles. The summed E-state index contributed by atoms with van der Waals surface area (Å²) in [4.78, 5) is 27.5. The molecule has 2 aliphatic heterocycles. The van der Waals surface area contributed by atoms with Crippen molar-refractivity contribution >= 4 is 54.6 Å². The van der Waals surface area contributed by atoms with E-state index in [2.05, 4.69) is 10.1 Å². The van der Waals surface area contributed by atoms with E-state index < -0.39 is 20.7 Å². The van der Waals surface area contributed by atoms with E-state index in [1.807, 2.05) is 0 Å². The van der Waals surface area contributed by atoms with E-state index in [0.29, 0.717) is 12.4 Å². The lowest BCUT2D eigenvalue weighted by Gasteiger charge is -2.19. The quantitative estimate of drug-likeness (QED) is 0.316. The molecule has 0 radical (unpaired) electrons. The first-order valence-electron chi connectivity index (χ1n) is 10.7. The molecule has 1 amide bonds. The molecule has 0 saturated carbocycles.